The number of urea groups is 1. The van der Waals surface area contributed by atoms with Crippen LogP contribution in [0.5, 0.6) is 0 Å². The Hall–Kier alpha value is -2.28. The van der Waals surface area contributed by atoms with Gasteiger partial charge in [0.15, 0.2) is 0 Å². The van der Waals surface area contributed by atoms with Crippen molar-refractivity contribution in [1.29, 1.82) is 0 Å². The summed E-state index contributed by atoms with van der Waals surface area (Å²) in [5, 5.41) is 7.82. The van der Waals surface area contributed by atoms with Gasteiger partial charge in [-0.25, -0.2) is 9.59 Å². The molecule has 0 spiro atoms. The summed E-state index contributed by atoms with van der Waals surface area (Å²) in [6.07, 6.45) is 1.27. The van der Waals surface area contributed by atoms with E-state index < -0.39 is 18.0 Å². The summed E-state index contributed by atoms with van der Waals surface area (Å²) in [6, 6.07) is 3.25. The molecule has 1 atom stereocenters. The fourth-order valence-corrected chi connectivity index (χ4v) is 2.18. The Balaban J connectivity index is 2.75. The molecule has 0 unspecified atom stereocenters. The van der Waals surface area contributed by atoms with Crippen molar-refractivity contribution >= 4 is 35.2 Å². The first kappa shape index (κ1) is 18.8. The molecule has 0 aliphatic rings. The molecule has 1 rings (SSSR count). The smallest absolute Gasteiger partial charge is 0.339 e. The molecule has 126 valence electrons. The van der Waals surface area contributed by atoms with Crippen molar-refractivity contribution in [3.8, 4) is 0 Å². The quantitative estimate of drug-likeness (QED) is 0.691. The molecule has 0 bridgehead atoms. The molecule has 0 aromatic heterocycles. The van der Waals surface area contributed by atoms with Gasteiger partial charge >= 0.3 is 12.0 Å². The number of ether oxygens (including phenoxy) is 1. The minimum Gasteiger partial charge on any atom is -0.465 e. The molecule has 0 saturated carbocycles. The number of carbonyl (C=O) groups is 3. The van der Waals surface area contributed by atoms with Crippen LogP contribution in [0, 0.1) is 0 Å². The molecule has 0 fully saturated rings. The zero-order chi connectivity index (χ0) is 17.4. The van der Waals surface area contributed by atoms with Gasteiger partial charge in [0.1, 0.15) is 6.04 Å². The van der Waals surface area contributed by atoms with Crippen LogP contribution in [0.1, 0.15) is 30.1 Å². The highest BCUT2D eigenvalue weighted by atomic mass is 35.5. The van der Waals surface area contributed by atoms with Crippen molar-refractivity contribution in [1.82, 2.24) is 10.6 Å². The topological polar surface area (TPSA) is 96.5 Å². The number of benzene rings is 1. The van der Waals surface area contributed by atoms with Crippen LogP contribution in [0.2, 0.25) is 5.02 Å². The number of carbonyl (C=O) groups excluding carboxylic acids is 3. The van der Waals surface area contributed by atoms with Gasteiger partial charge in [-0.3, -0.25) is 4.79 Å². The van der Waals surface area contributed by atoms with Gasteiger partial charge in [-0.05, 0) is 24.6 Å². The number of hydrogen-bond donors (Lipinski definition) is 3. The highest BCUT2D eigenvalue weighted by molar-refractivity contribution is 6.34. The van der Waals surface area contributed by atoms with Gasteiger partial charge in [0.05, 0.1) is 17.7 Å². The minimum absolute atomic E-state index is 0.158. The standard InChI is InChI=1S/C15H20ClN3O4/c1-4-5-12(13(20)17-2)19-15(22)18-9-6-7-10(11(16)8-9)14(21)23-3/h6-8,12H,4-5H2,1-3H3,(H,17,20)(H2,18,19,22)/t12-/m0/s1. The summed E-state index contributed by atoms with van der Waals surface area (Å²) in [4.78, 5) is 35.1. The monoisotopic (exact) mass is 341 g/mol. The predicted molar refractivity (Wildman–Crippen MR) is 87.7 cm³/mol. The van der Waals surface area contributed by atoms with Crippen molar-refractivity contribution in [2.24, 2.45) is 0 Å². The third kappa shape index (κ3) is 5.45. The summed E-state index contributed by atoms with van der Waals surface area (Å²) < 4.78 is 4.59. The second kappa shape index (κ2) is 8.99. The number of amides is 3. The van der Waals surface area contributed by atoms with Crippen molar-refractivity contribution in [2.45, 2.75) is 25.8 Å². The molecule has 23 heavy (non-hydrogen) atoms. The fraction of sp³-hybridized carbons (Fsp3) is 0.400. The van der Waals surface area contributed by atoms with E-state index >= 15 is 0 Å². The molecule has 1 aromatic rings. The number of methoxy groups -OCH3 is 1. The Kier molecular flexibility index (Phi) is 7.34. The lowest BCUT2D eigenvalue weighted by Crippen LogP contribution is -2.47. The number of esters is 1. The Bertz CT molecular complexity index is 592. The van der Waals surface area contributed by atoms with Crippen LogP contribution in [0.25, 0.3) is 0 Å². The minimum atomic E-state index is -0.616. The number of nitrogens with one attached hydrogen (secondary N) is 3. The van der Waals surface area contributed by atoms with E-state index in [0.717, 1.165) is 6.42 Å². The van der Waals surface area contributed by atoms with Gasteiger partial charge in [0.25, 0.3) is 0 Å². The van der Waals surface area contributed by atoms with Crippen LogP contribution in [-0.4, -0.2) is 38.1 Å². The normalized spacial score (nSPS) is 11.3. The third-order valence-corrected chi connectivity index (χ3v) is 3.39. The molecular formula is C15H20ClN3O4. The number of hydrogen-bond acceptors (Lipinski definition) is 4. The summed E-state index contributed by atoms with van der Waals surface area (Å²) in [6.45, 7) is 1.92. The number of rotatable bonds is 6. The Morgan fingerprint density at radius 1 is 1.30 bits per heavy atom. The zero-order valence-corrected chi connectivity index (χ0v) is 14.0. The van der Waals surface area contributed by atoms with E-state index in [4.69, 9.17) is 11.6 Å². The van der Waals surface area contributed by atoms with E-state index in [0.29, 0.717) is 12.1 Å². The fourth-order valence-electron chi connectivity index (χ4n) is 1.93. The maximum absolute atomic E-state index is 12.0. The number of anilines is 1. The first-order valence-electron chi connectivity index (χ1n) is 7.09. The van der Waals surface area contributed by atoms with Crippen LogP contribution in [-0.2, 0) is 9.53 Å². The average Bonchev–Trinajstić information content (AvgIpc) is 2.53. The Morgan fingerprint density at radius 3 is 2.52 bits per heavy atom. The molecule has 1 aromatic carbocycles. The molecule has 7 nitrogen and oxygen atoms in total. The lowest BCUT2D eigenvalue weighted by atomic mass is 10.1. The van der Waals surface area contributed by atoms with Gasteiger partial charge in [-0.2, -0.15) is 0 Å². The van der Waals surface area contributed by atoms with Gasteiger partial charge < -0.3 is 20.7 Å². The van der Waals surface area contributed by atoms with Crippen molar-refractivity contribution < 1.29 is 19.1 Å². The highest BCUT2D eigenvalue weighted by Crippen LogP contribution is 2.21. The molecule has 0 aliphatic heterocycles. The Morgan fingerprint density at radius 2 is 2.00 bits per heavy atom. The molecular weight excluding hydrogens is 322 g/mol. The second-order valence-electron chi connectivity index (χ2n) is 4.74. The third-order valence-electron chi connectivity index (χ3n) is 3.08. The largest absolute Gasteiger partial charge is 0.465 e. The molecule has 0 aliphatic carbocycles. The summed E-state index contributed by atoms with van der Waals surface area (Å²) >= 11 is 5.98. The summed E-state index contributed by atoms with van der Waals surface area (Å²) in [7, 11) is 2.76. The molecule has 8 heteroatoms. The molecule has 3 N–H and O–H groups in total. The lowest BCUT2D eigenvalue weighted by Gasteiger charge is -2.17. The molecule has 0 saturated heterocycles. The van der Waals surface area contributed by atoms with E-state index in [-0.39, 0.29) is 16.5 Å². The van der Waals surface area contributed by atoms with E-state index in [2.05, 4.69) is 20.7 Å². The SMILES string of the molecule is CCC[C@H](NC(=O)Nc1ccc(C(=O)OC)c(Cl)c1)C(=O)NC. The Labute approximate surface area is 139 Å². The summed E-state index contributed by atoms with van der Waals surface area (Å²) in [5.41, 5.74) is 0.599. The van der Waals surface area contributed by atoms with Gasteiger partial charge in [0, 0.05) is 12.7 Å². The average molecular weight is 342 g/mol. The second-order valence-corrected chi connectivity index (χ2v) is 5.15. The van der Waals surface area contributed by atoms with E-state index in [1.807, 2.05) is 6.92 Å². The first-order valence-corrected chi connectivity index (χ1v) is 7.47. The summed E-state index contributed by atoms with van der Waals surface area (Å²) in [5.74, 6) is -0.824. The first-order chi connectivity index (χ1) is 10.9. The maximum atomic E-state index is 12.0. The van der Waals surface area contributed by atoms with Crippen LogP contribution >= 0.6 is 11.6 Å². The van der Waals surface area contributed by atoms with Crippen molar-refractivity contribution in [3.63, 3.8) is 0 Å². The van der Waals surface area contributed by atoms with E-state index in [1.54, 1.807) is 0 Å². The number of halogens is 1. The van der Waals surface area contributed by atoms with Crippen LogP contribution in [0.15, 0.2) is 18.2 Å². The maximum Gasteiger partial charge on any atom is 0.339 e. The zero-order valence-electron chi connectivity index (χ0n) is 13.2. The van der Waals surface area contributed by atoms with E-state index in [1.165, 1.54) is 32.4 Å². The van der Waals surface area contributed by atoms with E-state index in [9.17, 15) is 14.4 Å². The molecule has 0 radical (unpaired) electrons. The highest BCUT2D eigenvalue weighted by Gasteiger charge is 2.19. The van der Waals surface area contributed by atoms with Gasteiger partial charge in [0.2, 0.25) is 5.91 Å². The number of likely N-dealkylation sites (N-methyl/N-ethyl adjacent to an activating group) is 1. The van der Waals surface area contributed by atoms with Crippen molar-refractivity contribution in [2.75, 3.05) is 19.5 Å². The van der Waals surface area contributed by atoms with Gasteiger partial charge in [-0.15, -0.1) is 0 Å². The lowest BCUT2D eigenvalue weighted by molar-refractivity contribution is -0.122. The van der Waals surface area contributed by atoms with Crippen molar-refractivity contribution in [3.05, 3.63) is 28.8 Å². The van der Waals surface area contributed by atoms with Gasteiger partial charge in [-0.1, -0.05) is 24.9 Å². The molecule has 3 amide bonds. The molecule has 0 heterocycles. The van der Waals surface area contributed by atoms with Crippen LogP contribution in [0.4, 0.5) is 10.5 Å². The van der Waals surface area contributed by atoms with Crippen LogP contribution < -0.4 is 16.0 Å². The van der Waals surface area contributed by atoms with Crippen LogP contribution in [0.3, 0.4) is 0 Å². The predicted octanol–water partition coefficient (Wildman–Crippen LogP) is 2.16.